The Morgan fingerprint density at radius 3 is 2.40 bits per heavy atom. The Balaban J connectivity index is 2.62. The minimum absolute atomic E-state index is 1.19. The first-order chi connectivity index (χ1) is 2.41. The lowest BCUT2D eigenvalue weighted by Gasteiger charge is -1.62. The van der Waals surface area contributed by atoms with Gasteiger partial charge in [-0.3, -0.25) is 0 Å². The molecule has 0 aromatic rings. The third-order valence-electron chi connectivity index (χ3n) is 0.188. The van der Waals surface area contributed by atoms with Crippen LogP contribution in [0.1, 0.15) is 6.92 Å². The third-order valence-corrected chi connectivity index (χ3v) is 0.871. The van der Waals surface area contributed by atoms with Gasteiger partial charge in [0, 0.05) is 0 Å². The molecule has 0 atom stereocenters. The van der Waals surface area contributed by atoms with Gasteiger partial charge in [0.1, 0.15) is 0 Å². The molecular formula is C3H5ClS. The molecule has 0 bridgehead atoms. The van der Waals surface area contributed by atoms with Crippen molar-refractivity contribution in [3.8, 4) is 0 Å². The number of hydrogen-bond donors (Lipinski definition) is 0. The van der Waals surface area contributed by atoms with Crippen molar-refractivity contribution in [1.29, 1.82) is 0 Å². The van der Waals surface area contributed by atoms with Crippen molar-refractivity contribution >= 4 is 21.7 Å². The summed E-state index contributed by atoms with van der Waals surface area (Å²) in [5.41, 5.74) is 0. The van der Waals surface area contributed by atoms with Gasteiger partial charge in [0.2, 0.25) is 0 Å². The van der Waals surface area contributed by atoms with Crippen LogP contribution in [0.4, 0.5) is 0 Å². The van der Waals surface area contributed by atoms with Crippen LogP contribution in [0.3, 0.4) is 0 Å². The van der Waals surface area contributed by atoms with E-state index >= 15 is 0 Å². The summed E-state index contributed by atoms with van der Waals surface area (Å²) in [6.45, 7) is 1.93. The van der Waals surface area contributed by atoms with Crippen LogP contribution < -0.4 is 0 Å². The van der Waals surface area contributed by atoms with E-state index in [-0.39, 0.29) is 0 Å². The number of allylic oxidation sites excluding steroid dienone is 1. The average molecular weight is 109 g/mol. The van der Waals surface area contributed by atoms with Crippen molar-refractivity contribution in [2.24, 2.45) is 0 Å². The van der Waals surface area contributed by atoms with Gasteiger partial charge in [-0.05, 0) is 34.0 Å². The van der Waals surface area contributed by atoms with E-state index in [2.05, 4.69) is 0 Å². The zero-order valence-corrected chi connectivity index (χ0v) is 4.51. The fraction of sp³-hybridized carbons (Fsp3) is 0.333. The molecule has 0 heterocycles. The lowest BCUT2D eigenvalue weighted by Crippen LogP contribution is -1.26. The highest BCUT2D eigenvalue weighted by atomic mass is 35.7. The van der Waals surface area contributed by atoms with Crippen LogP contribution in [-0.4, -0.2) is 0 Å². The predicted octanol–water partition coefficient (Wildman–Crippen LogP) is 2.41. The molecule has 0 aromatic carbocycles. The molecule has 0 amide bonds. The zero-order valence-electron chi connectivity index (χ0n) is 2.94. The van der Waals surface area contributed by atoms with Crippen molar-refractivity contribution < 1.29 is 0 Å². The Morgan fingerprint density at radius 1 is 1.80 bits per heavy atom. The molecule has 0 aliphatic carbocycles. The van der Waals surface area contributed by atoms with Crippen LogP contribution in [-0.2, 0) is 0 Å². The molecule has 0 saturated carbocycles. The van der Waals surface area contributed by atoms with E-state index in [4.69, 9.17) is 10.7 Å². The van der Waals surface area contributed by atoms with Crippen LogP contribution in [0, 0.1) is 0 Å². The van der Waals surface area contributed by atoms with E-state index in [0.29, 0.717) is 0 Å². The predicted molar refractivity (Wildman–Crippen MR) is 28.3 cm³/mol. The van der Waals surface area contributed by atoms with Crippen molar-refractivity contribution in [2.75, 3.05) is 0 Å². The van der Waals surface area contributed by atoms with Crippen molar-refractivity contribution in [3.05, 3.63) is 11.5 Å². The number of halogens is 1. The minimum atomic E-state index is 1.19. The first-order valence-electron chi connectivity index (χ1n) is 1.30. The maximum absolute atomic E-state index is 5.13. The average Bonchev–Trinajstić information content (AvgIpc) is 1.41. The Labute approximate surface area is 40.7 Å². The molecule has 0 aliphatic rings. The molecule has 0 spiro atoms. The molecule has 0 aliphatic heterocycles. The fourth-order valence-corrected chi connectivity index (χ4v) is 0.463. The molecule has 2 heteroatoms. The smallest absolute Gasteiger partial charge is 0.0174 e. The summed E-state index contributed by atoms with van der Waals surface area (Å²) in [6.07, 6.45) is 1.89. The Morgan fingerprint density at radius 2 is 2.40 bits per heavy atom. The van der Waals surface area contributed by atoms with Crippen LogP contribution in [0.5, 0.6) is 0 Å². The van der Waals surface area contributed by atoms with E-state index in [0.717, 1.165) is 0 Å². The quantitative estimate of drug-likeness (QED) is 0.497. The normalized spacial score (nSPS) is 10.0. The molecule has 0 fully saturated rings. The van der Waals surface area contributed by atoms with Crippen LogP contribution in [0.25, 0.3) is 0 Å². The molecule has 0 saturated heterocycles. The van der Waals surface area contributed by atoms with E-state index in [1.807, 2.05) is 18.4 Å². The number of hydrogen-bond acceptors (Lipinski definition) is 1. The molecule has 0 nitrogen and oxygen atoms in total. The molecule has 0 rings (SSSR count). The van der Waals surface area contributed by atoms with Gasteiger partial charge in [0.15, 0.2) is 0 Å². The van der Waals surface area contributed by atoms with E-state index in [1.165, 1.54) is 11.0 Å². The van der Waals surface area contributed by atoms with Crippen molar-refractivity contribution in [2.45, 2.75) is 6.92 Å². The minimum Gasteiger partial charge on any atom is -0.0801 e. The highest BCUT2D eigenvalue weighted by molar-refractivity contribution is 8.23. The van der Waals surface area contributed by atoms with Gasteiger partial charge >= 0.3 is 0 Å². The molecule has 0 unspecified atom stereocenters. The molecular weight excluding hydrogens is 104 g/mol. The van der Waals surface area contributed by atoms with E-state index in [9.17, 15) is 0 Å². The highest BCUT2D eigenvalue weighted by Gasteiger charge is 1.55. The van der Waals surface area contributed by atoms with Gasteiger partial charge in [-0.15, -0.1) is 0 Å². The molecule has 0 N–H and O–H groups in total. The Bertz CT molecular complexity index is 33.9. The molecule has 0 aromatic heterocycles. The van der Waals surface area contributed by atoms with Crippen LogP contribution in [0.15, 0.2) is 11.5 Å². The second kappa shape index (κ2) is 4.38. The van der Waals surface area contributed by atoms with Gasteiger partial charge in [0.05, 0.1) is 0 Å². The molecule has 5 heavy (non-hydrogen) atoms. The topological polar surface area (TPSA) is 0 Å². The summed E-state index contributed by atoms with van der Waals surface area (Å²) >= 11 is 0. The summed E-state index contributed by atoms with van der Waals surface area (Å²) in [5, 5.41) is 1.81. The fourth-order valence-electron chi connectivity index (χ4n) is 0.0514. The largest absolute Gasteiger partial charge is 0.0801 e. The SMILES string of the molecule is CC=CSCl. The van der Waals surface area contributed by atoms with Gasteiger partial charge < -0.3 is 0 Å². The lowest BCUT2D eigenvalue weighted by atomic mass is 10.8. The second-order valence-electron chi connectivity index (χ2n) is 0.559. The standard InChI is InChI=1S/C3H5ClS/c1-2-3-5-4/h2-3H,1H3. The second-order valence-corrected chi connectivity index (χ2v) is 1.54. The molecule has 0 radical (unpaired) electrons. The third kappa shape index (κ3) is 4.38. The Kier molecular flexibility index (Phi) is 4.71. The van der Waals surface area contributed by atoms with Gasteiger partial charge in [-0.2, -0.15) is 0 Å². The monoisotopic (exact) mass is 108 g/mol. The van der Waals surface area contributed by atoms with Gasteiger partial charge in [0.25, 0.3) is 0 Å². The van der Waals surface area contributed by atoms with Crippen LogP contribution >= 0.6 is 21.7 Å². The van der Waals surface area contributed by atoms with Crippen molar-refractivity contribution in [1.82, 2.24) is 0 Å². The first-order valence-corrected chi connectivity index (χ1v) is 3.01. The summed E-state index contributed by atoms with van der Waals surface area (Å²) in [5.74, 6) is 0. The summed E-state index contributed by atoms with van der Waals surface area (Å²) in [4.78, 5) is 0. The van der Waals surface area contributed by atoms with E-state index < -0.39 is 0 Å². The Hall–Kier alpha value is 0.380. The summed E-state index contributed by atoms with van der Waals surface area (Å²) in [7, 11) is 6.32. The number of rotatable bonds is 1. The lowest BCUT2D eigenvalue weighted by molar-refractivity contribution is 1.79. The van der Waals surface area contributed by atoms with Crippen molar-refractivity contribution in [3.63, 3.8) is 0 Å². The maximum atomic E-state index is 5.13. The zero-order chi connectivity index (χ0) is 4.12. The summed E-state index contributed by atoms with van der Waals surface area (Å²) < 4.78 is 0. The maximum Gasteiger partial charge on any atom is -0.0174 e. The van der Waals surface area contributed by atoms with Crippen LogP contribution in [0.2, 0.25) is 0 Å². The van der Waals surface area contributed by atoms with E-state index in [1.54, 1.807) is 0 Å². The van der Waals surface area contributed by atoms with Gasteiger partial charge in [-0.1, -0.05) is 6.08 Å². The highest BCUT2D eigenvalue weighted by Crippen LogP contribution is 2.05. The van der Waals surface area contributed by atoms with Gasteiger partial charge in [-0.25, -0.2) is 0 Å². The first kappa shape index (κ1) is 5.38. The molecule has 30 valence electrons. The summed E-state index contributed by atoms with van der Waals surface area (Å²) in [6, 6.07) is 0.